The Morgan fingerprint density at radius 1 is 0.333 bits per heavy atom. The van der Waals surface area contributed by atoms with Crippen LogP contribution in [0.1, 0.15) is 0 Å². The van der Waals surface area contributed by atoms with Crippen molar-refractivity contribution in [3.8, 4) is 0 Å². The summed E-state index contributed by atoms with van der Waals surface area (Å²) in [6.45, 7) is 0. The molecule has 0 fully saturated rings. The molecule has 6 heavy (non-hydrogen) atoms. The van der Waals surface area contributed by atoms with E-state index in [1.54, 1.807) is 0 Å². The molecule has 0 nitrogen and oxygen atoms in total. The molecule has 0 aromatic rings. The van der Waals surface area contributed by atoms with Crippen molar-refractivity contribution in [2.45, 2.75) is 0 Å². The van der Waals surface area contributed by atoms with Gasteiger partial charge in [0.1, 0.15) is 0 Å². The second-order valence-electron chi connectivity index (χ2n) is 0. The van der Waals surface area contributed by atoms with Gasteiger partial charge in [-0.3, -0.25) is 0 Å². The predicted octanol–water partition coefficient (Wildman–Crippen LogP) is -12.0. The van der Waals surface area contributed by atoms with Gasteiger partial charge in [-0.1, -0.05) is 0 Å². The molecular weight excluding hydrogens is 645 g/mol. The van der Waals surface area contributed by atoms with Gasteiger partial charge in [0.15, 0.2) is 0 Å². The molecule has 0 aliphatic carbocycles. The van der Waals surface area contributed by atoms with E-state index in [4.69, 9.17) is 0 Å². The molecule has 0 aromatic heterocycles. The summed E-state index contributed by atoms with van der Waals surface area (Å²) in [6.07, 6.45) is 0. The summed E-state index contributed by atoms with van der Waals surface area (Å²) < 4.78 is 0. The fraction of sp³-hybridized carbons (Fsp3) is 0. The molecule has 0 unspecified atom stereocenters. The van der Waals surface area contributed by atoms with Crippen LogP contribution in [0, 0.1) is 76.3 Å². The molecule has 6 heteroatoms. The molecule has 0 bridgehead atoms. The summed E-state index contributed by atoms with van der Waals surface area (Å²) in [4.78, 5) is 0. The van der Waals surface area contributed by atoms with Crippen molar-refractivity contribution in [3.05, 3.63) is 0 Å². The van der Waals surface area contributed by atoms with E-state index in [9.17, 15) is 0 Å². The molecular formula is Br4Dy2+2. The predicted molar refractivity (Wildman–Crippen MR) is 0 cm³/mol. The second-order valence-corrected chi connectivity index (χ2v) is 0. The van der Waals surface area contributed by atoms with Crippen LogP contribution in [0.3, 0.4) is 0 Å². The maximum Gasteiger partial charge on any atom is 3.00 e. The molecule has 2 radical (unpaired) electrons. The Kier molecular flexibility index (Phi) is 267. The van der Waals surface area contributed by atoms with Crippen molar-refractivity contribution >= 4 is 0 Å². The Bertz CT molecular complexity index is 5.51. The maximum atomic E-state index is 0. The van der Waals surface area contributed by atoms with Crippen LogP contribution in [0.2, 0.25) is 0 Å². The summed E-state index contributed by atoms with van der Waals surface area (Å²) in [5.74, 6) is 0. The van der Waals surface area contributed by atoms with Crippen molar-refractivity contribution < 1.29 is 144 Å². The molecule has 0 rings (SSSR count). The SMILES string of the molecule is [Br-].[Br-].[Br-].[Br-].[Dy+3].[Dy+3]. The van der Waals surface area contributed by atoms with Crippen LogP contribution < -0.4 is 67.9 Å². The van der Waals surface area contributed by atoms with E-state index in [-0.39, 0.29) is 144 Å². The second kappa shape index (κ2) is 34.0. The average molecular weight is 645 g/mol. The van der Waals surface area contributed by atoms with E-state index < -0.39 is 0 Å². The minimum absolute atomic E-state index is 0. The number of hydrogen-bond acceptors (Lipinski definition) is 0. The van der Waals surface area contributed by atoms with Crippen LogP contribution in [0.15, 0.2) is 0 Å². The molecule has 0 atom stereocenters. The smallest absolute Gasteiger partial charge is 1.00 e. The van der Waals surface area contributed by atoms with E-state index in [1.807, 2.05) is 0 Å². The van der Waals surface area contributed by atoms with Gasteiger partial charge < -0.3 is 67.9 Å². The average Bonchev–Trinajstić information content (AvgIpc) is 0. The van der Waals surface area contributed by atoms with Crippen LogP contribution in [0.4, 0.5) is 0 Å². The molecule has 0 heterocycles. The third-order valence-electron chi connectivity index (χ3n) is 0. The van der Waals surface area contributed by atoms with E-state index in [1.165, 1.54) is 0 Å². The van der Waals surface area contributed by atoms with Gasteiger partial charge in [-0.15, -0.1) is 0 Å². The van der Waals surface area contributed by atoms with E-state index >= 15 is 0 Å². The minimum Gasteiger partial charge on any atom is -1.00 e. The standard InChI is InChI=1S/4BrH.2Dy/h4*1H;;/q;;;;2*+3/p-4. The van der Waals surface area contributed by atoms with Crippen LogP contribution in [0.5, 0.6) is 0 Å². The molecule has 0 saturated heterocycles. The Morgan fingerprint density at radius 3 is 0.333 bits per heavy atom. The molecule has 0 amide bonds. The first-order valence-electron chi connectivity index (χ1n) is 0. The Hall–Kier alpha value is 4.47. The number of rotatable bonds is 0. The van der Waals surface area contributed by atoms with Gasteiger partial charge in [-0.2, -0.15) is 0 Å². The van der Waals surface area contributed by atoms with Gasteiger partial charge >= 0.3 is 76.3 Å². The third-order valence-corrected chi connectivity index (χ3v) is 0. The molecule has 0 N–H and O–H groups in total. The van der Waals surface area contributed by atoms with Gasteiger partial charge in [0.05, 0.1) is 0 Å². The minimum atomic E-state index is 0. The Morgan fingerprint density at radius 2 is 0.333 bits per heavy atom. The molecule has 0 aromatic carbocycles. The summed E-state index contributed by atoms with van der Waals surface area (Å²) in [6, 6.07) is 0. The van der Waals surface area contributed by atoms with Crippen LogP contribution in [-0.4, -0.2) is 0 Å². The van der Waals surface area contributed by atoms with E-state index in [2.05, 4.69) is 0 Å². The number of hydrogen-bond donors (Lipinski definition) is 0. The summed E-state index contributed by atoms with van der Waals surface area (Å²) in [7, 11) is 0. The first kappa shape index (κ1) is 47.0. The van der Waals surface area contributed by atoms with Crippen LogP contribution in [-0.2, 0) is 0 Å². The normalized spacial score (nSPS) is 0. The molecule has 0 aliphatic rings. The first-order valence-corrected chi connectivity index (χ1v) is 0. The van der Waals surface area contributed by atoms with E-state index in [0.29, 0.717) is 0 Å². The Balaban J connectivity index is 0. The van der Waals surface area contributed by atoms with Gasteiger partial charge in [-0.05, 0) is 0 Å². The summed E-state index contributed by atoms with van der Waals surface area (Å²) in [5.41, 5.74) is 0. The zero-order chi connectivity index (χ0) is 0. The summed E-state index contributed by atoms with van der Waals surface area (Å²) in [5, 5.41) is 0. The quantitative estimate of drug-likeness (QED) is 0.246. The van der Waals surface area contributed by atoms with Gasteiger partial charge in [0, 0.05) is 0 Å². The van der Waals surface area contributed by atoms with Crippen molar-refractivity contribution in [1.29, 1.82) is 0 Å². The fourth-order valence-electron chi connectivity index (χ4n) is 0. The van der Waals surface area contributed by atoms with Crippen molar-refractivity contribution in [2.24, 2.45) is 0 Å². The van der Waals surface area contributed by atoms with E-state index in [0.717, 1.165) is 0 Å². The molecule has 0 saturated carbocycles. The topological polar surface area (TPSA) is 0 Å². The van der Waals surface area contributed by atoms with Gasteiger partial charge in [-0.25, -0.2) is 0 Å². The van der Waals surface area contributed by atoms with Crippen LogP contribution in [0.25, 0.3) is 0 Å². The maximum absolute atomic E-state index is 0. The monoisotopic (exact) mass is 644 g/mol. The van der Waals surface area contributed by atoms with Crippen molar-refractivity contribution in [3.63, 3.8) is 0 Å². The van der Waals surface area contributed by atoms with Crippen molar-refractivity contribution in [1.82, 2.24) is 0 Å². The fourth-order valence-corrected chi connectivity index (χ4v) is 0. The van der Waals surface area contributed by atoms with Crippen LogP contribution >= 0.6 is 0 Å². The zero-order valence-electron chi connectivity index (χ0n) is 2.14. The molecule has 0 aliphatic heterocycles. The van der Waals surface area contributed by atoms with Gasteiger partial charge in [0.2, 0.25) is 0 Å². The van der Waals surface area contributed by atoms with Gasteiger partial charge in [0.25, 0.3) is 0 Å². The zero-order valence-corrected chi connectivity index (χ0v) is 12.5. The number of halogens is 4. The summed E-state index contributed by atoms with van der Waals surface area (Å²) >= 11 is 0. The largest absolute Gasteiger partial charge is 3.00 e. The third kappa shape index (κ3) is 23.7. The first-order chi connectivity index (χ1) is 0. The molecule has 0 spiro atoms. The molecule has 46 valence electrons. The van der Waals surface area contributed by atoms with Crippen molar-refractivity contribution in [2.75, 3.05) is 0 Å². The Labute approximate surface area is 140 Å².